The summed E-state index contributed by atoms with van der Waals surface area (Å²) in [6.45, 7) is 7.84. The number of ether oxygens (including phenoxy) is 1. The Morgan fingerprint density at radius 1 is 0.784 bits per heavy atom. The van der Waals surface area contributed by atoms with E-state index in [4.69, 9.17) is 9.84 Å². The standard InChI is InChI=1S/C11H15NO.C10H6F6O.C6H5F/c1-2-4-11(5-3-1)10-12-6-8-13-9-7-12;1-5(17)6-2-7(9(11,12)13)4-8(3-6)10(14,15)16;7-6-4-2-1-3-5-6/h1-5H,6-10H2;2-4,17H,1H2;1-5H. The van der Waals surface area contributed by atoms with Gasteiger partial charge in [-0.1, -0.05) is 55.1 Å². The van der Waals surface area contributed by atoms with Gasteiger partial charge in [0.2, 0.25) is 0 Å². The van der Waals surface area contributed by atoms with E-state index in [0.29, 0.717) is 12.1 Å². The largest absolute Gasteiger partial charge is 0.508 e. The van der Waals surface area contributed by atoms with Crippen LogP contribution in [0.3, 0.4) is 0 Å². The van der Waals surface area contributed by atoms with Crippen molar-refractivity contribution in [2.24, 2.45) is 0 Å². The third-order valence-electron chi connectivity index (χ3n) is 5.01. The SMILES string of the molecule is C=C(O)c1cc(C(F)(F)F)cc(C(F)(F)F)c1.Fc1ccccc1.c1ccc(CN2CCOCC2)cc1. The van der Waals surface area contributed by atoms with Crippen LogP contribution < -0.4 is 0 Å². The molecule has 0 bridgehead atoms. The van der Waals surface area contributed by atoms with Gasteiger partial charge < -0.3 is 9.84 Å². The van der Waals surface area contributed by atoms with Crippen molar-refractivity contribution in [3.05, 3.63) is 114 Å². The molecule has 0 aromatic heterocycles. The second kappa shape index (κ2) is 13.8. The van der Waals surface area contributed by atoms with Crippen LogP contribution in [0.5, 0.6) is 0 Å². The lowest BCUT2D eigenvalue weighted by molar-refractivity contribution is -0.143. The summed E-state index contributed by atoms with van der Waals surface area (Å²) in [6.07, 6.45) is -9.85. The molecule has 0 radical (unpaired) electrons. The second-order valence-corrected chi connectivity index (χ2v) is 7.91. The van der Waals surface area contributed by atoms with Gasteiger partial charge in [0.05, 0.1) is 24.3 Å². The summed E-state index contributed by atoms with van der Waals surface area (Å²) >= 11 is 0. The highest BCUT2D eigenvalue weighted by molar-refractivity contribution is 5.58. The van der Waals surface area contributed by atoms with Crippen molar-refractivity contribution < 1.29 is 40.6 Å². The minimum Gasteiger partial charge on any atom is -0.508 e. The maximum Gasteiger partial charge on any atom is 0.416 e. The molecule has 37 heavy (non-hydrogen) atoms. The number of morpholine rings is 1. The van der Waals surface area contributed by atoms with Crippen LogP contribution in [0.4, 0.5) is 30.7 Å². The fourth-order valence-electron chi connectivity index (χ4n) is 3.14. The predicted octanol–water partition coefficient (Wildman–Crippen LogP) is 7.60. The molecule has 1 fully saturated rings. The van der Waals surface area contributed by atoms with Crippen LogP contribution in [0.15, 0.2) is 85.4 Å². The minimum absolute atomic E-state index is 0.0214. The molecular weight excluding hydrogens is 503 g/mol. The Morgan fingerprint density at radius 3 is 1.62 bits per heavy atom. The van der Waals surface area contributed by atoms with Gasteiger partial charge in [-0.2, -0.15) is 26.3 Å². The number of halogens is 7. The van der Waals surface area contributed by atoms with Crippen LogP contribution in [0.25, 0.3) is 5.76 Å². The highest BCUT2D eigenvalue weighted by Gasteiger charge is 2.37. The van der Waals surface area contributed by atoms with Gasteiger partial charge in [0.15, 0.2) is 0 Å². The van der Waals surface area contributed by atoms with E-state index in [0.717, 1.165) is 32.8 Å². The first kappa shape index (κ1) is 29.9. The summed E-state index contributed by atoms with van der Waals surface area (Å²) in [5.41, 5.74) is -2.20. The summed E-state index contributed by atoms with van der Waals surface area (Å²) in [5.74, 6) is -1.04. The fraction of sp³-hybridized carbons (Fsp3) is 0.259. The molecule has 0 atom stereocenters. The topological polar surface area (TPSA) is 32.7 Å². The number of alkyl halides is 6. The molecule has 4 rings (SSSR count). The van der Waals surface area contributed by atoms with Gasteiger partial charge in [0.25, 0.3) is 0 Å². The Kier molecular flexibility index (Phi) is 11.1. The van der Waals surface area contributed by atoms with Crippen molar-refractivity contribution in [2.45, 2.75) is 18.9 Å². The number of rotatable bonds is 3. The molecule has 0 saturated carbocycles. The van der Waals surface area contributed by atoms with Gasteiger partial charge in [-0.05, 0) is 35.9 Å². The number of aliphatic hydroxyl groups is 1. The molecule has 1 N–H and O–H groups in total. The first-order valence-corrected chi connectivity index (χ1v) is 11.1. The molecule has 10 heteroatoms. The van der Waals surface area contributed by atoms with Crippen LogP contribution >= 0.6 is 0 Å². The molecule has 3 nitrogen and oxygen atoms in total. The normalized spacial score (nSPS) is 14.0. The Balaban J connectivity index is 0.000000211. The lowest BCUT2D eigenvalue weighted by Gasteiger charge is -2.26. The molecule has 3 aromatic rings. The van der Waals surface area contributed by atoms with Crippen LogP contribution in [0, 0.1) is 5.82 Å². The van der Waals surface area contributed by atoms with Crippen molar-refractivity contribution in [1.29, 1.82) is 0 Å². The van der Waals surface area contributed by atoms with E-state index in [9.17, 15) is 30.7 Å². The van der Waals surface area contributed by atoms with Crippen molar-refractivity contribution in [3.8, 4) is 0 Å². The summed E-state index contributed by atoms with van der Waals surface area (Å²) in [7, 11) is 0. The zero-order valence-corrected chi connectivity index (χ0v) is 19.7. The summed E-state index contributed by atoms with van der Waals surface area (Å²) in [6, 6.07) is 19.3. The smallest absolute Gasteiger partial charge is 0.416 e. The van der Waals surface area contributed by atoms with E-state index in [1.165, 1.54) is 17.7 Å². The van der Waals surface area contributed by atoms with Crippen LogP contribution in [-0.4, -0.2) is 36.3 Å². The average molecular weight is 529 g/mol. The van der Waals surface area contributed by atoms with Gasteiger partial charge in [-0.3, -0.25) is 4.90 Å². The number of hydrogen-bond acceptors (Lipinski definition) is 3. The fourth-order valence-corrected chi connectivity index (χ4v) is 3.14. The molecule has 1 aliphatic rings. The third kappa shape index (κ3) is 11.1. The van der Waals surface area contributed by atoms with E-state index in [1.54, 1.807) is 18.2 Å². The second-order valence-electron chi connectivity index (χ2n) is 7.91. The van der Waals surface area contributed by atoms with Crippen molar-refractivity contribution in [3.63, 3.8) is 0 Å². The number of benzene rings is 3. The maximum absolute atomic E-state index is 12.3. The van der Waals surface area contributed by atoms with E-state index in [2.05, 4.69) is 41.8 Å². The highest BCUT2D eigenvalue weighted by Crippen LogP contribution is 2.37. The predicted molar refractivity (Wildman–Crippen MR) is 127 cm³/mol. The van der Waals surface area contributed by atoms with Crippen LogP contribution in [0.1, 0.15) is 22.3 Å². The minimum atomic E-state index is -4.93. The van der Waals surface area contributed by atoms with E-state index in [1.807, 2.05) is 0 Å². The summed E-state index contributed by atoms with van der Waals surface area (Å²) in [4.78, 5) is 2.43. The lowest BCUT2D eigenvalue weighted by atomic mass is 10.0. The third-order valence-corrected chi connectivity index (χ3v) is 5.01. The first-order chi connectivity index (χ1) is 17.4. The Labute approximate surface area is 210 Å². The molecule has 1 heterocycles. The summed E-state index contributed by atoms with van der Waals surface area (Å²) < 4.78 is 91.1. The van der Waals surface area contributed by atoms with Crippen molar-refractivity contribution in [1.82, 2.24) is 4.90 Å². The van der Waals surface area contributed by atoms with E-state index >= 15 is 0 Å². The molecule has 1 saturated heterocycles. The van der Waals surface area contributed by atoms with E-state index < -0.39 is 34.8 Å². The van der Waals surface area contributed by atoms with Gasteiger partial charge in [-0.25, -0.2) is 4.39 Å². The molecule has 3 aromatic carbocycles. The average Bonchev–Trinajstić information content (AvgIpc) is 2.85. The quantitative estimate of drug-likeness (QED) is 0.280. The van der Waals surface area contributed by atoms with Gasteiger partial charge in [-0.15, -0.1) is 0 Å². The zero-order chi connectivity index (χ0) is 27.5. The van der Waals surface area contributed by atoms with Crippen LogP contribution in [0.2, 0.25) is 0 Å². The molecule has 1 aliphatic heterocycles. The zero-order valence-electron chi connectivity index (χ0n) is 19.7. The lowest BCUT2D eigenvalue weighted by Crippen LogP contribution is -2.35. The van der Waals surface area contributed by atoms with Gasteiger partial charge >= 0.3 is 12.4 Å². The molecular formula is C27H26F7NO2. The maximum atomic E-state index is 12.3. The Hall–Kier alpha value is -3.37. The summed E-state index contributed by atoms with van der Waals surface area (Å²) in [5, 5.41) is 8.87. The number of nitrogens with zero attached hydrogens (tertiary/aromatic N) is 1. The Bertz CT molecular complexity index is 1060. The molecule has 0 unspecified atom stereocenters. The van der Waals surface area contributed by atoms with E-state index in [-0.39, 0.29) is 11.9 Å². The first-order valence-electron chi connectivity index (χ1n) is 11.1. The highest BCUT2D eigenvalue weighted by atomic mass is 19.4. The molecule has 0 aliphatic carbocycles. The van der Waals surface area contributed by atoms with Crippen LogP contribution in [-0.2, 0) is 23.6 Å². The Morgan fingerprint density at radius 2 is 1.24 bits per heavy atom. The number of hydrogen-bond donors (Lipinski definition) is 1. The van der Waals surface area contributed by atoms with Gasteiger partial charge in [0.1, 0.15) is 11.6 Å². The molecule has 0 amide bonds. The molecule has 0 spiro atoms. The van der Waals surface area contributed by atoms with Gasteiger partial charge in [0, 0.05) is 25.2 Å². The number of aliphatic hydroxyl groups excluding tert-OH is 1. The molecule has 200 valence electrons. The monoisotopic (exact) mass is 529 g/mol. The van der Waals surface area contributed by atoms with Crippen molar-refractivity contribution >= 4 is 5.76 Å². The van der Waals surface area contributed by atoms with Crippen molar-refractivity contribution in [2.75, 3.05) is 26.3 Å².